The van der Waals surface area contributed by atoms with Crippen molar-refractivity contribution in [2.45, 2.75) is 13.0 Å². The Morgan fingerprint density at radius 1 is 1.47 bits per heavy atom. The molecule has 0 aliphatic rings. The Morgan fingerprint density at radius 3 is 2.79 bits per heavy atom. The van der Waals surface area contributed by atoms with Gasteiger partial charge in [-0.05, 0) is 41.4 Å². The van der Waals surface area contributed by atoms with E-state index in [0.717, 1.165) is 5.56 Å². The molecule has 2 aromatic rings. The second-order valence-corrected chi connectivity index (χ2v) is 5.40. The van der Waals surface area contributed by atoms with Gasteiger partial charge in [0.2, 0.25) is 0 Å². The van der Waals surface area contributed by atoms with Crippen LogP contribution in [0.3, 0.4) is 0 Å². The van der Waals surface area contributed by atoms with Crippen LogP contribution in [-0.2, 0) is 0 Å². The summed E-state index contributed by atoms with van der Waals surface area (Å²) in [6, 6.07) is 5.15. The third-order valence-electron chi connectivity index (χ3n) is 2.78. The number of nitrogens with two attached hydrogens (primary N) is 2. The second-order valence-electron chi connectivity index (χ2n) is 4.21. The quantitative estimate of drug-likeness (QED) is 0.757. The highest BCUT2D eigenvalue weighted by atomic mass is 35.5. The molecule has 0 aliphatic carbocycles. The van der Waals surface area contributed by atoms with Crippen LogP contribution in [0, 0.1) is 0 Å². The number of hydrogen-bond acceptors (Lipinski definition) is 4. The van der Waals surface area contributed by atoms with Gasteiger partial charge in [0, 0.05) is 11.7 Å². The number of carbonyl (C=O) groups is 1. The molecule has 1 unspecified atom stereocenters. The van der Waals surface area contributed by atoms with E-state index in [1.54, 1.807) is 17.4 Å². The summed E-state index contributed by atoms with van der Waals surface area (Å²) in [5.41, 5.74) is 13.4. The molecule has 19 heavy (non-hydrogen) atoms. The van der Waals surface area contributed by atoms with Crippen molar-refractivity contribution in [1.82, 2.24) is 0 Å². The van der Waals surface area contributed by atoms with E-state index in [0.29, 0.717) is 22.0 Å². The Morgan fingerprint density at radius 2 is 2.21 bits per heavy atom. The lowest BCUT2D eigenvalue weighted by molar-refractivity contribution is 0.100. The number of benzene rings is 1. The Bertz CT molecular complexity index is 598. The molecule has 0 saturated heterocycles. The van der Waals surface area contributed by atoms with E-state index in [1.807, 2.05) is 23.8 Å². The van der Waals surface area contributed by atoms with E-state index in [9.17, 15) is 4.79 Å². The lowest BCUT2D eigenvalue weighted by Crippen LogP contribution is -2.16. The van der Waals surface area contributed by atoms with E-state index in [4.69, 9.17) is 23.1 Å². The molecule has 1 atom stereocenters. The highest BCUT2D eigenvalue weighted by molar-refractivity contribution is 7.08. The van der Waals surface area contributed by atoms with Crippen molar-refractivity contribution in [2.24, 2.45) is 5.73 Å². The first-order chi connectivity index (χ1) is 8.99. The zero-order chi connectivity index (χ0) is 14.0. The van der Waals surface area contributed by atoms with Gasteiger partial charge in [-0.3, -0.25) is 4.79 Å². The third kappa shape index (κ3) is 3.00. The summed E-state index contributed by atoms with van der Waals surface area (Å²) in [5.74, 6) is -0.561. The fraction of sp³-hybridized carbons (Fsp3) is 0.154. The maximum absolute atomic E-state index is 11.5. The highest BCUT2D eigenvalue weighted by Gasteiger charge is 2.16. The van der Waals surface area contributed by atoms with E-state index < -0.39 is 5.91 Å². The Hall–Kier alpha value is -1.72. The van der Waals surface area contributed by atoms with Crippen LogP contribution in [0.25, 0.3) is 0 Å². The van der Waals surface area contributed by atoms with Crippen molar-refractivity contribution in [2.75, 3.05) is 11.1 Å². The minimum absolute atomic E-state index is 0.0190. The predicted molar refractivity (Wildman–Crippen MR) is 80.7 cm³/mol. The minimum atomic E-state index is -0.561. The number of halogens is 1. The molecule has 0 bridgehead atoms. The molecule has 0 saturated carbocycles. The van der Waals surface area contributed by atoms with Crippen molar-refractivity contribution < 1.29 is 4.79 Å². The van der Waals surface area contributed by atoms with Crippen LogP contribution in [0.2, 0.25) is 5.02 Å². The summed E-state index contributed by atoms with van der Waals surface area (Å²) >= 11 is 7.75. The molecular formula is C13H14ClN3OS. The first kappa shape index (κ1) is 13.7. The number of amides is 1. The molecule has 0 spiro atoms. The molecule has 2 rings (SSSR count). The Labute approximate surface area is 120 Å². The van der Waals surface area contributed by atoms with Crippen molar-refractivity contribution in [3.63, 3.8) is 0 Å². The molecule has 100 valence electrons. The first-order valence-corrected chi connectivity index (χ1v) is 6.98. The van der Waals surface area contributed by atoms with Crippen molar-refractivity contribution >= 4 is 40.2 Å². The monoisotopic (exact) mass is 295 g/mol. The predicted octanol–water partition coefficient (Wildman–Crippen LogP) is 3.26. The lowest BCUT2D eigenvalue weighted by atomic mass is 10.1. The van der Waals surface area contributed by atoms with Crippen LogP contribution in [-0.4, -0.2) is 5.91 Å². The van der Waals surface area contributed by atoms with Gasteiger partial charge in [-0.2, -0.15) is 11.3 Å². The van der Waals surface area contributed by atoms with Crippen molar-refractivity contribution in [3.8, 4) is 0 Å². The number of hydrogen-bond donors (Lipinski definition) is 3. The van der Waals surface area contributed by atoms with E-state index in [2.05, 4.69) is 5.32 Å². The summed E-state index contributed by atoms with van der Waals surface area (Å²) in [4.78, 5) is 11.5. The van der Waals surface area contributed by atoms with E-state index in [-0.39, 0.29) is 6.04 Å². The van der Waals surface area contributed by atoms with Gasteiger partial charge < -0.3 is 16.8 Å². The molecule has 0 aliphatic heterocycles. The van der Waals surface area contributed by atoms with E-state index in [1.165, 1.54) is 6.07 Å². The van der Waals surface area contributed by atoms with Gasteiger partial charge >= 0.3 is 0 Å². The van der Waals surface area contributed by atoms with Gasteiger partial charge in [-0.15, -0.1) is 0 Å². The van der Waals surface area contributed by atoms with Crippen LogP contribution in [0.5, 0.6) is 0 Å². The fourth-order valence-corrected chi connectivity index (χ4v) is 2.83. The first-order valence-electron chi connectivity index (χ1n) is 5.66. The zero-order valence-electron chi connectivity index (χ0n) is 10.3. The number of thiophene rings is 1. The number of carbonyl (C=O) groups excluding carboxylic acids is 1. The zero-order valence-corrected chi connectivity index (χ0v) is 11.9. The highest BCUT2D eigenvalue weighted by Crippen LogP contribution is 2.32. The van der Waals surface area contributed by atoms with Gasteiger partial charge in [0.1, 0.15) is 0 Å². The van der Waals surface area contributed by atoms with Gasteiger partial charge in [0.05, 0.1) is 16.3 Å². The molecule has 1 aromatic carbocycles. The van der Waals surface area contributed by atoms with Crippen molar-refractivity contribution in [1.29, 1.82) is 0 Å². The number of nitrogen functional groups attached to an aromatic ring is 1. The van der Waals surface area contributed by atoms with Gasteiger partial charge in [-0.25, -0.2) is 0 Å². The average Bonchev–Trinajstić information content (AvgIpc) is 2.85. The summed E-state index contributed by atoms with van der Waals surface area (Å²) in [6.07, 6.45) is 0. The molecule has 6 heteroatoms. The topological polar surface area (TPSA) is 81.1 Å². The minimum Gasteiger partial charge on any atom is -0.399 e. The summed E-state index contributed by atoms with van der Waals surface area (Å²) in [7, 11) is 0. The number of nitrogens with one attached hydrogen (secondary N) is 1. The normalized spacial score (nSPS) is 12.1. The molecular weight excluding hydrogens is 282 g/mol. The van der Waals surface area contributed by atoms with Crippen LogP contribution in [0.4, 0.5) is 11.4 Å². The fourth-order valence-electron chi connectivity index (χ4n) is 1.79. The lowest BCUT2D eigenvalue weighted by Gasteiger charge is -2.18. The molecule has 1 heterocycles. The maximum Gasteiger partial charge on any atom is 0.250 e. The average molecular weight is 296 g/mol. The smallest absolute Gasteiger partial charge is 0.250 e. The molecule has 4 nitrogen and oxygen atoms in total. The van der Waals surface area contributed by atoms with Crippen LogP contribution < -0.4 is 16.8 Å². The standard InChI is InChI=1S/C13H14ClN3OS/c1-7(8-2-3-19-6-8)17-12-10(13(16)18)4-9(15)5-11(12)14/h2-7,17H,15H2,1H3,(H2,16,18). The van der Waals surface area contributed by atoms with Crippen LogP contribution in [0.15, 0.2) is 29.0 Å². The van der Waals surface area contributed by atoms with Gasteiger partial charge in [0.15, 0.2) is 0 Å². The largest absolute Gasteiger partial charge is 0.399 e. The SMILES string of the molecule is CC(Nc1c(Cl)cc(N)cc1C(N)=O)c1ccsc1. The van der Waals surface area contributed by atoms with Gasteiger partial charge in [-0.1, -0.05) is 11.6 Å². The van der Waals surface area contributed by atoms with Crippen molar-refractivity contribution in [3.05, 3.63) is 45.1 Å². The Balaban J connectivity index is 2.36. The Kier molecular flexibility index (Phi) is 3.97. The number of anilines is 2. The van der Waals surface area contributed by atoms with Gasteiger partial charge in [0.25, 0.3) is 5.91 Å². The molecule has 1 aromatic heterocycles. The maximum atomic E-state index is 11.5. The molecule has 0 radical (unpaired) electrons. The molecule has 1 amide bonds. The summed E-state index contributed by atoms with van der Waals surface area (Å²) in [5, 5.41) is 7.62. The number of rotatable bonds is 4. The summed E-state index contributed by atoms with van der Waals surface area (Å²) < 4.78 is 0. The van der Waals surface area contributed by atoms with Crippen LogP contribution >= 0.6 is 22.9 Å². The van der Waals surface area contributed by atoms with Crippen LogP contribution in [0.1, 0.15) is 28.9 Å². The number of primary amides is 1. The molecule has 5 N–H and O–H groups in total. The molecule has 0 fully saturated rings. The summed E-state index contributed by atoms with van der Waals surface area (Å²) in [6.45, 7) is 1.99. The third-order valence-corrected chi connectivity index (χ3v) is 3.78. The second kappa shape index (κ2) is 5.50. The van der Waals surface area contributed by atoms with E-state index >= 15 is 0 Å².